The summed E-state index contributed by atoms with van der Waals surface area (Å²) >= 11 is 0. The van der Waals surface area contributed by atoms with Gasteiger partial charge in [0.25, 0.3) is 0 Å². The topological polar surface area (TPSA) is 111 Å². The molecule has 0 aromatic carbocycles. The fraction of sp³-hybridized carbons (Fsp3) is 0.838. The minimum atomic E-state index is -4.45. The molecular formula is C74H140N2O7P+. The second kappa shape index (κ2) is 63.7. The summed E-state index contributed by atoms with van der Waals surface area (Å²) in [5, 5.41) is 3.07. The maximum Gasteiger partial charge on any atom is 0.472 e. The lowest BCUT2D eigenvalue weighted by Crippen LogP contribution is -2.47. The van der Waals surface area contributed by atoms with Crippen LogP contribution in [0.2, 0.25) is 0 Å². The van der Waals surface area contributed by atoms with Crippen molar-refractivity contribution >= 4 is 19.7 Å². The molecule has 0 aliphatic rings. The summed E-state index contributed by atoms with van der Waals surface area (Å²) in [7, 11) is 1.50. The van der Waals surface area contributed by atoms with E-state index in [0.29, 0.717) is 23.9 Å². The number of nitrogens with one attached hydrogen (secondary N) is 1. The number of esters is 1. The van der Waals surface area contributed by atoms with Crippen molar-refractivity contribution < 1.29 is 37.3 Å². The average Bonchev–Trinajstić information content (AvgIpc) is 3.65. The first-order valence-electron chi connectivity index (χ1n) is 36.1. The Labute approximate surface area is 521 Å². The van der Waals surface area contributed by atoms with E-state index in [2.05, 4.69) is 74.7 Å². The number of unbranched alkanes of at least 4 members (excludes halogenated alkanes) is 42. The number of allylic oxidation sites excluding steroid dienone is 9. The molecule has 0 saturated heterocycles. The van der Waals surface area contributed by atoms with E-state index in [1.54, 1.807) is 0 Å². The van der Waals surface area contributed by atoms with E-state index in [1.165, 1.54) is 244 Å². The minimum Gasteiger partial charge on any atom is -0.456 e. The molecule has 0 heterocycles. The van der Waals surface area contributed by atoms with E-state index in [0.717, 1.165) is 70.6 Å². The van der Waals surface area contributed by atoms with Crippen LogP contribution in [0.5, 0.6) is 0 Å². The van der Waals surface area contributed by atoms with Crippen LogP contribution in [0.1, 0.15) is 348 Å². The number of nitrogens with zero attached hydrogens (tertiary/aromatic N) is 1. The molecule has 0 aromatic heterocycles. The highest BCUT2D eigenvalue weighted by Crippen LogP contribution is 2.43. The number of hydrogen-bond donors (Lipinski definition) is 2. The zero-order valence-corrected chi connectivity index (χ0v) is 57.3. The Balaban J connectivity index is 5.00. The molecule has 9 nitrogen and oxygen atoms in total. The number of carbonyl (C=O) groups excluding carboxylic acids is 2. The second-order valence-electron chi connectivity index (χ2n) is 25.8. The number of phosphoric ester groups is 1. The number of ether oxygens (including phenoxy) is 1. The Bertz CT molecular complexity index is 1620. The van der Waals surface area contributed by atoms with Gasteiger partial charge >= 0.3 is 13.8 Å². The van der Waals surface area contributed by atoms with Gasteiger partial charge in [-0.1, -0.05) is 300 Å². The molecule has 3 atom stereocenters. The summed E-state index contributed by atoms with van der Waals surface area (Å²) in [6, 6.07) is -0.851. The van der Waals surface area contributed by atoms with Gasteiger partial charge in [-0.25, -0.2) is 4.57 Å². The van der Waals surface area contributed by atoms with E-state index in [4.69, 9.17) is 13.8 Å². The quantitative estimate of drug-likeness (QED) is 0.0205. The van der Waals surface area contributed by atoms with Crippen molar-refractivity contribution in [2.75, 3.05) is 40.9 Å². The normalized spacial score (nSPS) is 13.8. The zero-order valence-electron chi connectivity index (χ0n) is 56.4. The molecule has 10 heteroatoms. The monoisotopic (exact) mass is 1200 g/mol. The Kier molecular flexibility index (Phi) is 62.0. The smallest absolute Gasteiger partial charge is 0.456 e. The van der Waals surface area contributed by atoms with Crippen molar-refractivity contribution in [1.29, 1.82) is 0 Å². The molecule has 0 aliphatic heterocycles. The summed E-state index contributed by atoms with van der Waals surface area (Å²) in [5.41, 5.74) is 0. The highest BCUT2D eigenvalue weighted by atomic mass is 31.2. The Hall–Kier alpha value is -2.29. The summed E-state index contributed by atoms with van der Waals surface area (Å²) < 4.78 is 30.8. The van der Waals surface area contributed by atoms with Crippen LogP contribution in [0.25, 0.3) is 0 Å². The van der Waals surface area contributed by atoms with Gasteiger partial charge in [-0.15, -0.1) is 0 Å². The fourth-order valence-electron chi connectivity index (χ4n) is 10.6. The number of quaternary nitrogens is 1. The molecule has 0 radical (unpaired) electrons. The van der Waals surface area contributed by atoms with Crippen LogP contribution in [0.15, 0.2) is 60.8 Å². The van der Waals surface area contributed by atoms with Crippen molar-refractivity contribution in [2.45, 2.75) is 360 Å². The van der Waals surface area contributed by atoms with Crippen LogP contribution in [0.4, 0.5) is 0 Å². The molecule has 0 saturated carbocycles. The van der Waals surface area contributed by atoms with Gasteiger partial charge in [0.15, 0.2) is 0 Å². The van der Waals surface area contributed by atoms with Crippen molar-refractivity contribution in [2.24, 2.45) is 0 Å². The zero-order chi connectivity index (χ0) is 61.4. The Morgan fingerprint density at radius 2 is 0.726 bits per heavy atom. The van der Waals surface area contributed by atoms with E-state index in [1.807, 2.05) is 33.3 Å². The number of amides is 1. The molecule has 1 amide bonds. The van der Waals surface area contributed by atoms with Gasteiger partial charge in [0.1, 0.15) is 19.3 Å². The maximum absolute atomic E-state index is 13.6. The minimum absolute atomic E-state index is 0.0399. The maximum atomic E-state index is 13.6. The lowest BCUT2D eigenvalue weighted by molar-refractivity contribution is -0.870. The van der Waals surface area contributed by atoms with Crippen LogP contribution >= 0.6 is 7.82 Å². The molecule has 0 spiro atoms. The van der Waals surface area contributed by atoms with Crippen molar-refractivity contribution in [3.8, 4) is 0 Å². The molecule has 0 aliphatic carbocycles. The molecule has 0 aromatic rings. The predicted octanol–water partition coefficient (Wildman–Crippen LogP) is 23.0. The molecule has 2 N–H and O–H groups in total. The third-order valence-corrected chi connectivity index (χ3v) is 17.2. The van der Waals surface area contributed by atoms with Gasteiger partial charge < -0.3 is 19.4 Å². The van der Waals surface area contributed by atoms with Gasteiger partial charge in [0.05, 0.1) is 33.8 Å². The van der Waals surface area contributed by atoms with Crippen LogP contribution in [0, 0.1) is 0 Å². The number of carbonyl (C=O) groups is 2. The number of phosphoric acid groups is 1. The summed E-state index contributed by atoms with van der Waals surface area (Å²) in [4.78, 5) is 37.9. The van der Waals surface area contributed by atoms with Gasteiger partial charge in [0.2, 0.25) is 5.91 Å². The molecule has 0 fully saturated rings. The van der Waals surface area contributed by atoms with Gasteiger partial charge in [-0.2, -0.15) is 0 Å². The first kappa shape index (κ1) is 81.7. The molecule has 0 bridgehead atoms. The lowest BCUT2D eigenvalue weighted by atomic mass is 10.0. The lowest BCUT2D eigenvalue weighted by Gasteiger charge is -2.27. The summed E-state index contributed by atoms with van der Waals surface area (Å²) in [6.07, 6.45) is 82.3. The number of likely N-dealkylation sites (N-methyl/N-ethyl adjacent to an activating group) is 1. The standard InChI is InChI=1S/C74H139N2O7P/c1-7-10-13-16-19-22-25-28-30-32-34-35-36-37-38-39-40-41-43-45-47-49-52-55-58-61-64-67-74(78)83-72(65-62-59-56-53-50-27-24-21-18-15-12-9-3)71(70-82-84(79,80)81-69-68-76(4,5)6)75-73(77)66-63-60-57-54-51-48-46-44-42-33-31-29-26-23-20-17-14-11-8-2/h19-20,22-23,28-31,62,65,71-72H,7-18,21,24-27,32-61,63-64,66-70H2,1-6H3,(H-,75,77,79,80)/p+1/b22-19-,23-20-,30-28-,31-29-,65-62-. The molecule has 3 unspecified atom stereocenters. The molecule has 492 valence electrons. The van der Waals surface area contributed by atoms with Crippen LogP contribution < -0.4 is 5.32 Å². The second-order valence-corrected chi connectivity index (χ2v) is 27.2. The predicted molar refractivity (Wildman–Crippen MR) is 365 cm³/mol. The Morgan fingerprint density at radius 1 is 0.417 bits per heavy atom. The number of rotatable bonds is 66. The van der Waals surface area contributed by atoms with Crippen molar-refractivity contribution in [1.82, 2.24) is 5.32 Å². The highest BCUT2D eigenvalue weighted by molar-refractivity contribution is 7.47. The number of hydrogen-bond acceptors (Lipinski definition) is 6. The Morgan fingerprint density at radius 3 is 1.10 bits per heavy atom. The van der Waals surface area contributed by atoms with Gasteiger partial charge in [-0.3, -0.25) is 18.6 Å². The van der Waals surface area contributed by atoms with E-state index < -0.39 is 20.0 Å². The highest BCUT2D eigenvalue weighted by Gasteiger charge is 2.30. The molecule has 0 rings (SSSR count). The van der Waals surface area contributed by atoms with E-state index >= 15 is 0 Å². The first-order chi connectivity index (χ1) is 40.9. The molecular weight excluding hydrogens is 1060 g/mol. The van der Waals surface area contributed by atoms with E-state index in [9.17, 15) is 19.0 Å². The SMILES string of the molecule is CCCCC/C=C\C/C=C\CCCCCCCCCCCCCCCCCCCC(=O)OC(/C=C\CCCCCCCCCCCC)C(COP(=O)(O)OCC[N+](C)(C)C)NC(=O)CCCCCCCCCCC/C=C\C/C=C\CCCCC. The third-order valence-electron chi connectivity index (χ3n) is 16.2. The average molecular weight is 1200 g/mol. The third kappa shape index (κ3) is 64.2. The first-order valence-corrected chi connectivity index (χ1v) is 37.6. The fourth-order valence-corrected chi connectivity index (χ4v) is 11.3. The molecule has 84 heavy (non-hydrogen) atoms. The van der Waals surface area contributed by atoms with Crippen LogP contribution in [0.3, 0.4) is 0 Å². The summed E-state index contributed by atoms with van der Waals surface area (Å²) in [6.45, 7) is 7.00. The van der Waals surface area contributed by atoms with Gasteiger partial charge in [-0.05, 0) is 96.0 Å². The van der Waals surface area contributed by atoms with E-state index in [-0.39, 0.29) is 25.1 Å². The van der Waals surface area contributed by atoms with Crippen molar-refractivity contribution in [3.05, 3.63) is 60.8 Å². The largest absolute Gasteiger partial charge is 0.472 e. The van der Waals surface area contributed by atoms with Crippen LogP contribution in [-0.2, 0) is 27.9 Å². The summed E-state index contributed by atoms with van der Waals surface area (Å²) in [5.74, 6) is -0.496. The van der Waals surface area contributed by atoms with Gasteiger partial charge in [0, 0.05) is 12.8 Å². The van der Waals surface area contributed by atoms with Crippen molar-refractivity contribution in [3.63, 3.8) is 0 Å². The van der Waals surface area contributed by atoms with Crippen LogP contribution in [-0.4, -0.2) is 74.3 Å².